The Kier molecular flexibility index (Phi) is 8.73. The minimum absolute atomic E-state index is 0.308. The van der Waals surface area contributed by atoms with E-state index in [-0.39, 0.29) is 5.97 Å². The molecular formula is C14H25O3. The highest BCUT2D eigenvalue weighted by atomic mass is 16.6. The molecule has 0 spiro atoms. The smallest absolute Gasteiger partial charge is 0.306 e. The van der Waals surface area contributed by atoms with Crippen molar-refractivity contribution in [2.24, 2.45) is 0 Å². The first-order chi connectivity index (χ1) is 8.14. The van der Waals surface area contributed by atoms with Crippen LogP contribution in [-0.2, 0) is 14.3 Å². The first kappa shape index (κ1) is 16.1. The summed E-state index contributed by atoms with van der Waals surface area (Å²) in [6.07, 6.45) is 8.58. The second-order valence-electron chi connectivity index (χ2n) is 4.48. The molecule has 0 aliphatic heterocycles. The maximum absolute atomic E-state index is 11.3. The number of ether oxygens (including phenoxy) is 1. The van der Waals surface area contributed by atoms with Crippen LogP contribution in [0.4, 0.5) is 0 Å². The van der Waals surface area contributed by atoms with Crippen molar-refractivity contribution in [1.29, 1.82) is 0 Å². The van der Waals surface area contributed by atoms with Crippen molar-refractivity contribution in [2.75, 3.05) is 0 Å². The minimum atomic E-state index is -0.990. The molecule has 0 saturated carbocycles. The van der Waals surface area contributed by atoms with Crippen molar-refractivity contribution in [2.45, 2.75) is 77.7 Å². The van der Waals surface area contributed by atoms with Crippen LogP contribution in [0.2, 0.25) is 0 Å². The summed E-state index contributed by atoms with van der Waals surface area (Å²) < 4.78 is 5.29. The van der Waals surface area contributed by atoms with Crippen molar-refractivity contribution >= 4 is 12.3 Å². The Morgan fingerprint density at radius 1 is 1.06 bits per heavy atom. The van der Waals surface area contributed by atoms with E-state index in [1.807, 2.05) is 13.2 Å². The molecule has 0 aromatic rings. The van der Waals surface area contributed by atoms with Crippen molar-refractivity contribution < 1.29 is 14.3 Å². The van der Waals surface area contributed by atoms with Gasteiger partial charge in [-0.15, -0.1) is 0 Å². The van der Waals surface area contributed by atoms with Gasteiger partial charge in [-0.05, 0) is 19.3 Å². The quantitative estimate of drug-likeness (QED) is 0.434. The van der Waals surface area contributed by atoms with Gasteiger partial charge in [0.15, 0.2) is 5.60 Å². The fourth-order valence-corrected chi connectivity index (χ4v) is 1.88. The molecule has 0 aromatic carbocycles. The molecule has 0 aliphatic carbocycles. The van der Waals surface area contributed by atoms with Gasteiger partial charge >= 0.3 is 5.97 Å². The lowest BCUT2D eigenvalue weighted by Gasteiger charge is -2.26. The molecule has 0 aromatic heterocycles. The Balaban J connectivity index is 4.36. The number of esters is 1. The van der Waals surface area contributed by atoms with Gasteiger partial charge in [0.25, 0.3) is 0 Å². The summed E-state index contributed by atoms with van der Waals surface area (Å²) >= 11 is 0. The Morgan fingerprint density at radius 2 is 1.76 bits per heavy atom. The maximum Gasteiger partial charge on any atom is 0.306 e. The summed E-state index contributed by atoms with van der Waals surface area (Å²) in [5.74, 6) is -0.308. The fourth-order valence-electron chi connectivity index (χ4n) is 1.88. The Hall–Kier alpha value is -0.860. The van der Waals surface area contributed by atoms with Crippen LogP contribution < -0.4 is 0 Å². The van der Waals surface area contributed by atoms with Gasteiger partial charge in [0, 0.05) is 6.42 Å². The number of rotatable bonds is 10. The molecule has 0 N–H and O–H groups in total. The Labute approximate surface area is 105 Å². The third-order valence-electron chi connectivity index (χ3n) is 2.87. The molecule has 1 atom stereocenters. The van der Waals surface area contributed by atoms with E-state index in [0.29, 0.717) is 19.3 Å². The molecule has 0 rings (SSSR count). The summed E-state index contributed by atoms with van der Waals surface area (Å²) in [6.45, 7) is 5.86. The highest BCUT2D eigenvalue weighted by Crippen LogP contribution is 2.24. The molecule has 1 radical (unpaired) electrons. The van der Waals surface area contributed by atoms with E-state index in [1.165, 1.54) is 0 Å². The molecular weight excluding hydrogens is 216 g/mol. The van der Waals surface area contributed by atoms with Crippen LogP contribution in [0.25, 0.3) is 0 Å². The van der Waals surface area contributed by atoms with Gasteiger partial charge in [-0.1, -0.05) is 46.5 Å². The van der Waals surface area contributed by atoms with Crippen LogP contribution >= 0.6 is 0 Å². The van der Waals surface area contributed by atoms with Crippen LogP contribution in [-0.4, -0.2) is 17.9 Å². The fraction of sp³-hybridized carbons (Fsp3) is 0.857. The number of hydrogen-bond donors (Lipinski definition) is 0. The van der Waals surface area contributed by atoms with Crippen molar-refractivity contribution in [3.63, 3.8) is 0 Å². The highest BCUT2D eigenvalue weighted by molar-refractivity contribution is 5.74. The van der Waals surface area contributed by atoms with E-state index in [4.69, 9.17) is 4.74 Å². The van der Waals surface area contributed by atoms with E-state index in [1.54, 1.807) is 6.92 Å². The zero-order valence-electron chi connectivity index (χ0n) is 11.4. The number of unbranched alkanes of at least 4 members (excludes halogenated alkanes) is 3. The largest absolute Gasteiger partial charge is 0.451 e. The average molecular weight is 241 g/mol. The van der Waals surface area contributed by atoms with Crippen LogP contribution in [0.5, 0.6) is 0 Å². The zero-order valence-corrected chi connectivity index (χ0v) is 11.4. The molecule has 0 heterocycles. The molecule has 1 unspecified atom stereocenters. The first-order valence-electron chi connectivity index (χ1n) is 6.75. The van der Waals surface area contributed by atoms with E-state index < -0.39 is 5.60 Å². The monoisotopic (exact) mass is 241 g/mol. The molecule has 3 heteroatoms. The van der Waals surface area contributed by atoms with Crippen LogP contribution in [0.3, 0.4) is 0 Å². The lowest BCUT2D eigenvalue weighted by Crippen LogP contribution is -2.36. The van der Waals surface area contributed by atoms with Gasteiger partial charge in [-0.3, -0.25) is 9.59 Å². The summed E-state index contributed by atoms with van der Waals surface area (Å²) in [6, 6.07) is 0. The van der Waals surface area contributed by atoms with Crippen molar-refractivity contribution in [3.8, 4) is 0 Å². The number of hydrogen-bond acceptors (Lipinski definition) is 3. The summed E-state index contributed by atoms with van der Waals surface area (Å²) in [7, 11) is 0. The molecule has 0 saturated heterocycles. The van der Waals surface area contributed by atoms with Crippen LogP contribution in [0.1, 0.15) is 72.1 Å². The van der Waals surface area contributed by atoms with E-state index >= 15 is 0 Å². The predicted molar refractivity (Wildman–Crippen MR) is 68.5 cm³/mol. The highest BCUT2D eigenvalue weighted by Gasteiger charge is 2.33. The second kappa shape index (κ2) is 9.20. The van der Waals surface area contributed by atoms with Crippen molar-refractivity contribution in [1.82, 2.24) is 0 Å². The summed E-state index contributed by atoms with van der Waals surface area (Å²) in [4.78, 5) is 22.5. The number of carbonyl (C=O) groups excluding carboxylic acids is 2. The zero-order chi connectivity index (χ0) is 13.1. The van der Waals surface area contributed by atoms with E-state index in [9.17, 15) is 9.59 Å². The lowest BCUT2D eigenvalue weighted by atomic mass is 9.92. The summed E-state index contributed by atoms with van der Waals surface area (Å²) in [5, 5.41) is 0. The van der Waals surface area contributed by atoms with Gasteiger partial charge in [0.05, 0.1) is 0 Å². The summed E-state index contributed by atoms with van der Waals surface area (Å²) in [5.41, 5.74) is -0.990. The Bertz CT molecular complexity index is 226. The molecule has 17 heavy (non-hydrogen) atoms. The normalized spacial score (nSPS) is 14.1. The van der Waals surface area contributed by atoms with Gasteiger partial charge in [0.1, 0.15) is 0 Å². The van der Waals surface area contributed by atoms with Crippen molar-refractivity contribution in [3.05, 3.63) is 0 Å². The maximum atomic E-state index is 11.3. The average Bonchev–Trinajstić information content (AvgIpc) is 2.34. The molecule has 0 amide bonds. The predicted octanol–water partition coefficient (Wildman–Crippen LogP) is 3.56. The minimum Gasteiger partial charge on any atom is -0.451 e. The Morgan fingerprint density at radius 3 is 2.24 bits per heavy atom. The second-order valence-corrected chi connectivity index (χ2v) is 4.48. The standard InChI is InChI=1S/C14H25O3/c1-4-7-8-9-11-14(12-15,10-5-2)17-13(16)6-3/h4-11H2,1-3H3. The van der Waals surface area contributed by atoms with E-state index in [0.717, 1.165) is 32.1 Å². The van der Waals surface area contributed by atoms with Gasteiger partial charge in [-0.25, -0.2) is 0 Å². The SMILES string of the molecule is CCCCCCC([C]=O)(CCC)OC(=O)CC. The number of carbonyl (C=O) groups is 1. The molecule has 0 aliphatic rings. The lowest BCUT2D eigenvalue weighted by molar-refractivity contribution is -0.154. The van der Waals surface area contributed by atoms with E-state index in [2.05, 4.69) is 6.92 Å². The van der Waals surface area contributed by atoms with Gasteiger partial charge < -0.3 is 4.74 Å². The third-order valence-corrected chi connectivity index (χ3v) is 2.87. The molecule has 3 nitrogen and oxygen atoms in total. The van der Waals surface area contributed by atoms with Gasteiger partial charge in [0.2, 0.25) is 6.29 Å². The molecule has 0 bridgehead atoms. The molecule has 0 fully saturated rings. The third kappa shape index (κ3) is 6.44. The van der Waals surface area contributed by atoms with Crippen LogP contribution in [0, 0.1) is 0 Å². The molecule has 99 valence electrons. The topological polar surface area (TPSA) is 43.4 Å². The first-order valence-corrected chi connectivity index (χ1v) is 6.75. The van der Waals surface area contributed by atoms with Crippen LogP contribution in [0.15, 0.2) is 0 Å². The van der Waals surface area contributed by atoms with Gasteiger partial charge in [-0.2, -0.15) is 0 Å².